The summed E-state index contributed by atoms with van der Waals surface area (Å²) in [5.74, 6) is -0.404. The molecule has 2 amide bonds. The van der Waals surface area contributed by atoms with Gasteiger partial charge in [-0.2, -0.15) is 0 Å². The average Bonchev–Trinajstić information content (AvgIpc) is 2.74. The summed E-state index contributed by atoms with van der Waals surface area (Å²) in [5.41, 5.74) is 2.53. The fraction of sp³-hybridized carbons (Fsp3) is 0.130. The molecule has 29 heavy (non-hydrogen) atoms. The molecule has 0 fully saturated rings. The fourth-order valence-electron chi connectivity index (χ4n) is 3.57. The van der Waals surface area contributed by atoms with E-state index in [1.54, 1.807) is 59.2 Å². The molecule has 0 saturated carbocycles. The van der Waals surface area contributed by atoms with Gasteiger partial charge in [0.05, 0.1) is 17.9 Å². The van der Waals surface area contributed by atoms with Gasteiger partial charge in [0.2, 0.25) is 5.91 Å². The summed E-state index contributed by atoms with van der Waals surface area (Å²) in [5, 5.41) is 0.997. The van der Waals surface area contributed by atoms with Gasteiger partial charge >= 0.3 is 0 Å². The molecule has 6 heteroatoms. The van der Waals surface area contributed by atoms with Crippen LogP contribution in [0.3, 0.4) is 0 Å². The number of nitrogens with zero attached hydrogens (tertiary/aromatic N) is 2. The summed E-state index contributed by atoms with van der Waals surface area (Å²) in [6.07, 6.45) is 0. The third kappa shape index (κ3) is 3.50. The van der Waals surface area contributed by atoms with E-state index in [1.165, 1.54) is 0 Å². The Kier molecular flexibility index (Phi) is 5.31. The van der Waals surface area contributed by atoms with Crippen molar-refractivity contribution in [1.29, 1.82) is 0 Å². The lowest BCUT2D eigenvalue weighted by Gasteiger charge is -2.40. The zero-order valence-electron chi connectivity index (χ0n) is 15.7. The predicted molar refractivity (Wildman–Crippen MR) is 117 cm³/mol. The number of hydrogen-bond acceptors (Lipinski definition) is 2. The summed E-state index contributed by atoms with van der Waals surface area (Å²) in [4.78, 5) is 29.7. The Balaban J connectivity index is 1.78. The first-order valence-electron chi connectivity index (χ1n) is 9.21. The van der Waals surface area contributed by atoms with Crippen LogP contribution >= 0.6 is 23.2 Å². The van der Waals surface area contributed by atoms with E-state index in [0.717, 1.165) is 0 Å². The van der Waals surface area contributed by atoms with E-state index >= 15 is 0 Å². The molecule has 0 saturated heterocycles. The molecule has 0 bridgehead atoms. The smallest absolute Gasteiger partial charge is 0.259 e. The van der Waals surface area contributed by atoms with Gasteiger partial charge in [-0.3, -0.25) is 14.5 Å². The molecule has 1 heterocycles. The molecular weight excluding hydrogens is 407 g/mol. The summed E-state index contributed by atoms with van der Waals surface area (Å²) >= 11 is 12.7. The summed E-state index contributed by atoms with van der Waals surface area (Å²) in [6.45, 7) is 1.96. The normalized spacial score (nSPS) is 16.0. The second-order valence-corrected chi connectivity index (χ2v) is 7.64. The monoisotopic (exact) mass is 424 g/mol. The molecule has 0 aliphatic carbocycles. The van der Waals surface area contributed by atoms with E-state index in [-0.39, 0.29) is 18.4 Å². The van der Waals surface area contributed by atoms with Crippen molar-refractivity contribution < 1.29 is 9.59 Å². The van der Waals surface area contributed by atoms with Gasteiger partial charge in [0.1, 0.15) is 6.04 Å². The first-order valence-corrected chi connectivity index (χ1v) is 9.96. The van der Waals surface area contributed by atoms with Crippen molar-refractivity contribution in [2.24, 2.45) is 0 Å². The lowest BCUT2D eigenvalue weighted by Crippen LogP contribution is -2.54. The van der Waals surface area contributed by atoms with Crippen molar-refractivity contribution in [3.8, 4) is 0 Å². The van der Waals surface area contributed by atoms with Crippen LogP contribution in [0.25, 0.3) is 0 Å². The predicted octanol–water partition coefficient (Wildman–Crippen LogP) is 5.58. The number of rotatable bonds is 3. The van der Waals surface area contributed by atoms with Gasteiger partial charge in [-0.1, -0.05) is 59.6 Å². The van der Waals surface area contributed by atoms with Gasteiger partial charge in [0.25, 0.3) is 5.91 Å². The van der Waals surface area contributed by atoms with E-state index < -0.39 is 6.04 Å². The standard InChI is InChI=1S/C23H18Cl2N2O2/c1-15-22(28)26(14-17-18(24)10-7-11-19(17)25)20-12-5-6-13-21(20)27(15)23(29)16-8-3-2-4-9-16/h2-13,15H,14H2,1H3/t15-/m1/s1. The molecular formula is C23H18Cl2N2O2. The van der Waals surface area contributed by atoms with Crippen LogP contribution in [0.4, 0.5) is 11.4 Å². The molecule has 3 aromatic carbocycles. The fourth-order valence-corrected chi connectivity index (χ4v) is 4.09. The molecule has 0 radical (unpaired) electrons. The number of para-hydroxylation sites is 2. The summed E-state index contributed by atoms with van der Waals surface area (Å²) in [7, 11) is 0. The number of hydrogen-bond donors (Lipinski definition) is 0. The second-order valence-electron chi connectivity index (χ2n) is 6.83. The van der Waals surface area contributed by atoms with Gasteiger partial charge in [-0.25, -0.2) is 0 Å². The molecule has 0 N–H and O–H groups in total. The van der Waals surface area contributed by atoms with Crippen LogP contribution in [0.5, 0.6) is 0 Å². The Bertz CT molecular complexity index is 1060. The quantitative estimate of drug-likeness (QED) is 0.550. The van der Waals surface area contributed by atoms with Crippen molar-refractivity contribution in [1.82, 2.24) is 0 Å². The minimum Gasteiger partial charge on any atom is -0.304 e. The second kappa shape index (κ2) is 7.90. The van der Waals surface area contributed by atoms with E-state index in [1.807, 2.05) is 30.3 Å². The van der Waals surface area contributed by atoms with Crippen LogP contribution in [0, 0.1) is 0 Å². The van der Waals surface area contributed by atoms with Crippen LogP contribution in [-0.2, 0) is 11.3 Å². The van der Waals surface area contributed by atoms with E-state index in [4.69, 9.17) is 23.2 Å². The molecule has 0 unspecified atom stereocenters. The van der Waals surface area contributed by atoms with Gasteiger partial charge in [-0.15, -0.1) is 0 Å². The highest BCUT2D eigenvalue weighted by Crippen LogP contribution is 2.39. The Labute approximate surface area is 179 Å². The summed E-state index contributed by atoms with van der Waals surface area (Å²) in [6, 6.07) is 20.9. The van der Waals surface area contributed by atoms with Crippen molar-refractivity contribution >= 4 is 46.4 Å². The molecule has 146 valence electrons. The topological polar surface area (TPSA) is 40.6 Å². The Morgan fingerprint density at radius 3 is 2.10 bits per heavy atom. The molecule has 4 rings (SSSR count). The first kappa shape index (κ1) is 19.5. The average molecular weight is 425 g/mol. The highest BCUT2D eigenvalue weighted by Gasteiger charge is 2.39. The largest absolute Gasteiger partial charge is 0.304 e. The Morgan fingerprint density at radius 2 is 1.45 bits per heavy atom. The van der Waals surface area contributed by atoms with Crippen LogP contribution in [0.2, 0.25) is 10.0 Å². The van der Waals surface area contributed by atoms with Crippen molar-refractivity contribution in [2.75, 3.05) is 9.80 Å². The minimum atomic E-state index is -0.668. The molecule has 4 nitrogen and oxygen atoms in total. The number of anilines is 2. The number of carbonyl (C=O) groups is 2. The zero-order valence-corrected chi connectivity index (χ0v) is 17.2. The van der Waals surface area contributed by atoms with Gasteiger partial charge in [0, 0.05) is 21.2 Å². The van der Waals surface area contributed by atoms with Crippen LogP contribution in [-0.4, -0.2) is 17.9 Å². The van der Waals surface area contributed by atoms with Gasteiger partial charge < -0.3 is 4.90 Å². The van der Waals surface area contributed by atoms with Crippen molar-refractivity contribution in [3.05, 3.63) is 94.0 Å². The molecule has 1 aliphatic heterocycles. The Hall–Kier alpha value is -2.82. The van der Waals surface area contributed by atoms with Gasteiger partial charge in [-0.05, 0) is 43.3 Å². The minimum absolute atomic E-state index is 0.191. The molecule has 0 spiro atoms. The molecule has 3 aromatic rings. The van der Waals surface area contributed by atoms with Crippen molar-refractivity contribution in [3.63, 3.8) is 0 Å². The third-order valence-electron chi connectivity index (χ3n) is 5.06. The van der Waals surface area contributed by atoms with E-state index in [0.29, 0.717) is 32.5 Å². The molecule has 1 atom stereocenters. The van der Waals surface area contributed by atoms with E-state index in [9.17, 15) is 9.59 Å². The summed E-state index contributed by atoms with van der Waals surface area (Å²) < 4.78 is 0. The molecule has 0 aromatic heterocycles. The van der Waals surface area contributed by atoms with Crippen LogP contribution in [0.15, 0.2) is 72.8 Å². The maximum atomic E-state index is 13.3. The number of benzene rings is 3. The maximum Gasteiger partial charge on any atom is 0.259 e. The number of carbonyl (C=O) groups excluding carboxylic acids is 2. The number of fused-ring (bicyclic) bond motifs is 1. The SMILES string of the molecule is C[C@@H]1C(=O)N(Cc2c(Cl)cccc2Cl)c2ccccc2N1C(=O)c1ccccc1. The highest BCUT2D eigenvalue weighted by molar-refractivity contribution is 6.36. The number of amides is 2. The third-order valence-corrected chi connectivity index (χ3v) is 5.77. The van der Waals surface area contributed by atoms with E-state index in [2.05, 4.69) is 0 Å². The lowest BCUT2D eigenvalue weighted by molar-refractivity contribution is -0.119. The number of halogens is 2. The maximum absolute atomic E-state index is 13.3. The molecule has 1 aliphatic rings. The highest BCUT2D eigenvalue weighted by atomic mass is 35.5. The zero-order chi connectivity index (χ0) is 20.5. The van der Waals surface area contributed by atoms with Crippen LogP contribution in [0.1, 0.15) is 22.8 Å². The lowest BCUT2D eigenvalue weighted by atomic mass is 10.0. The van der Waals surface area contributed by atoms with Gasteiger partial charge in [0.15, 0.2) is 0 Å². The first-order chi connectivity index (χ1) is 14.0. The van der Waals surface area contributed by atoms with Crippen LogP contribution < -0.4 is 9.80 Å². The van der Waals surface area contributed by atoms with Crippen molar-refractivity contribution in [2.45, 2.75) is 19.5 Å². The Morgan fingerprint density at radius 1 is 0.862 bits per heavy atom.